The first-order valence-electron chi connectivity index (χ1n) is 6.63. The van der Waals surface area contributed by atoms with E-state index in [0.717, 1.165) is 4.68 Å². The summed E-state index contributed by atoms with van der Waals surface area (Å²) in [4.78, 5) is 26.7. The summed E-state index contributed by atoms with van der Waals surface area (Å²) in [5, 5.41) is 11.9. The lowest BCUT2D eigenvalue weighted by atomic mass is 10.2. The number of anilines is 1. The van der Waals surface area contributed by atoms with Crippen LogP contribution in [0, 0.1) is 5.95 Å². The quantitative estimate of drug-likeness (QED) is 0.689. The number of nitrogens with one attached hydrogen (secondary N) is 2. The molecule has 3 rings (SSSR count). The molecule has 0 unspecified atom stereocenters. The Morgan fingerprint density at radius 2 is 2.04 bits per heavy atom. The number of amides is 1. The summed E-state index contributed by atoms with van der Waals surface area (Å²) in [6.45, 7) is 0. The molecule has 2 N–H and O–H groups in total. The Morgan fingerprint density at radius 1 is 1.26 bits per heavy atom. The minimum absolute atomic E-state index is 0.0317. The van der Waals surface area contributed by atoms with Crippen LogP contribution in [0.5, 0.6) is 0 Å². The molecule has 0 aliphatic rings. The highest BCUT2D eigenvalue weighted by Crippen LogP contribution is 2.12. The van der Waals surface area contributed by atoms with Gasteiger partial charge in [-0.2, -0.15) is 9.07 Å². The van der Waals surface area contributed by atoms with E-state index in [2.05, 4.69) is 25.8 Å². The van der Waals surface area contributed by atoms with Crippen molar-refractivity contribution in [3.05, 3.63) is 64.6 Å². The van der Waals surface area contributed by atoms with Crippen LogP contribution in [0.25, 0.3) is 5.69 Å². The first kappa shape index (κ1) is 14.6. The van der Waals surface area contributed by atoms with Gasteiger partial charge in [0.25, 0.3) is 0 Å². The first-order valence-corrected chi connectivity index (χ1v) is 6.63. The van der Waals surface area contributed by atoms with Crippen molar-refractivity contribution in [3.8, 4) is 5.69 Å². The fourth-order valence-corrected chi connectivity index (χ4v) is 2.00. The fraction of sp³-hybridized carbons (Fsp3) is 0.0714. The monoisotopic (exact) mass is 314 g/mol. The van der Waals surface area contributed by atoms with Gasteiger partial charge in [0, 0.05) is 11.9 Å². The third-order valence-electron chi connectivity index (χ3n) is 3.02. The molecule has 0 radical (unpaired) electrons. The number of hydrogen-bond acceptors (Lipinski definition) is 5. The molecule has 8 nitrogen and oxygen atoms in total. The van der Waals surface area contributed by atoms with Gasteiger partial charge in [-0.15, -0.1) is 0 Å². The highest BCUT2D eigenvalue weighted by atomic mass is 19.1. The standard InChI is InChI=1S/C14H11FN6O2/c15-12-7-9(5-6-16-12)8-13(22)17-10-1-3-11(4-2-10)21-14(23)18-19-20-21/h1-7H,8H2,(H,17,22)(H,18,20,23). The van der Waals surface area contributed by atoms with Crippen LogP contribution in [0.15, 0.2) is 47.4 Å². The zero-order chi connectivity index (χ0) is 16.2. The molecule has 2 aromatic heterocycles. The molecule has 0 aliphatic heterocycles. The topological polar surface area (TPSA) is 106 Å². The third kappa shape index (κ3) is 3.46. The number of halogens is 1. The van der Waals surface area contributed by atoms with Gasteiger partial charge < -0.3 is 5.32 Å². The lowest BCUT2D eigenvalue weighted by molar-refractivity contribution is -0.115. The van der Waals surface area contributed by atoms with E-state index in [1.165, 1.54) is 12.3 Å². The SMILES string of the molecule is O=C(Cc1ccnc(F)c1)Nc1ccc(-n2nn[nH]c2=O)cc1. The zero-order valence-corrected chi connectivity index (χ0v) is 11.7. The predicted molar refractivity (Wildman–Crippen MR) is 78.5 cm³/mol. The van der Waals surface area contributed by atoms with Gasteiger partial charge in [-0.05, 0) is 52.4 Å². The molecule has 0 saturated heterocycles. The maximum Gasteiger partial charge on any atom is 0.365 e. The van der Waals surface area contributed by atoms with Crippen molar-refractivity contribution in [3.63, 3.8) is 0 Å². The van der Waals surface area contributed by atoms with E-state index in [1.807, 2.05) is 0 Å². The second-order valence-corrected chi connectivity index (χ2v) is 4.68. The maximum absolute atomic E-state index is 13.0. The minimum atomic E-state index is -0.627. The van der Waals surface area contributed by atoms with E-state index in [1.54, 1.807) is 30.3 Å². The summed E-state index contributed by atoms with van der Waals surface area (Å²) < 4.78 is 14.1. The van der Waals surface area contributed by atoms with Gasteiger partial charge in [0.15, 0.2) is 0 Å². The Labute approximate surface area is 129 Å². The molecule has 0 bridgehead atoms. The third-order valence-corrected chi connectivity index (χ3v) is 3.02. The summed E-state index contributed by atoms with van der Waals surface area (Å²) in [6, 6.07) is 9.27. The Balaban J connectivity index is 1.67. The number of H-pyrrole nitrogens is 1. The molecule has 0 atom stereocenters. The molecule has 116 valence electrons. The van der Waals surface area contributed by atoms with Crippen molar-refractivity contribution in [1.82, 2.24) is 25.2 Å². The average molecular weight is 314 g/mol. The van der Waals surface area contributed by atoms with Gasteiger partial charge in [-0.3, -0.25) is 4.79 Å². The highest BCUT2D eigenvalue weighted by Gasteiger charge is 2.07. The van der Waals surface area contributed by atoms with Gasteiger partial charge in [-0.1, -0.05) is 0 Å². The number of carbonyl (C=O) groups is 1. The molecule has 0 aliphatic carbocycles. The molecule has 9 heteroatoms. The number of carbonyl (C=O) groups excluding carboxylic acids is 1. The zero-order valence-electron chi connectivity index (χ0n) is 11.7. The van der Waals surface area contributed by atoms with Crippen LogP contribution in [0.2, 0.25) is 0 Å². The first-order chi connectivity index (χ1) is 11.1. The molecule has 0 spiro atoms. The Morgan fingerprint density at radius 3 is 2.70 bits per heavy atom. The Hall–Kier alpha value is -3.36. The molecular formula is C14H11FN6O2. The van der Waals surface area contributed by atoms with Crippen LogP contribution in [0.1, 0.15) is 5.56 Å². The van der Waals surface area contributed by atoms with Crippen molar-refractivity contribution >= 4 is 11.6 Å². The predicted octanol–water partition coefficient (Wildman–Crippen LogP) is 0.671. The van der Waals surface area contributed by atoms with Crippen molar-refractivity contribution in [2.45, 2.75) is 6.42 Å². The van der Waals surface area contributed by atoms with Crippen LogP contribution in [0.3, 0.4) is 0 Å². The van der Waals surface area contributed by atoms with Gasteiger partial charge in [-0.25, -0.2) is 14.9 Å². The lowest BCUT2D eigenvalue weighted by Gasteiger charge is -2.06. The fourth-order valence-electron chi connectivity index (χ4n) is 2.00. The van der Waals surface area contributed by atoms with E-state index < -0.39 is 11.6 Å². The van der Waals surface area contributed by atoms with Crippen LogP contribution in [0.4, 0.5) is 10.1 Å². The number of pyridine rings is 1. The molecule has 23 heavy (non-hydrogen) atoms. The van der Waals surface area contributed by atoms with Gasteiger partial charge in [0.2, 0.25) is 11.9 Å². The molecule has 0 saturated carbocycles. The van der Waals surface area contributed by atoms with E-state index in [4.69, 9.17) is 0 Å². The molecule has 1 aromatic carbocycles. The number of rotatable bonds is 4. The van der Waals surface area contributed by atoms with Crippen molar-refractivity contribution in [2.75, 3.05) is 5.32 Å². The van der Waals surface area contributed by atoms with Crippen molar-refractivity contribution in [1.29, 1.82) is 0 Å². The van der Waals surface area contributed by atoms with Crippen molar-refractivity contribution in [2.24, 2.45) is 0 Å². The van der Waals surface area contributed by atoms with Crippen LogP contribution in [-0.4, -0.2) is 31.1 Å². The second kappa shape index (κ2) is 6.18. The van der Waals surface area contributed by atoms with Gasteiger partial charge in [0.05, 0.1) is 12.1 Å². The van der Waals surface area contributed by atoms with Crippen molar-refractivity contribution < 1.29 is 9.18 Å². The Bertz CT molecular complexity index is 887. The lowest BCUT2D eigenvalue weighted by Crippen LogP contribution is -2.16. The number of benzene rings is 1. The van der Waals surface area contributed by atoms with E-state index in [9.17, 15) is 14.0 Å². The summed E-state index contributed by atoms with van der Waals surface area (Å²) in [5.41, 5.74) is 1.13. The van der Waals surface area contributed by atoms with Gasteiger partial charge in [0.1, 0.15) is 0 Å². The number of aromatic amines is 1. The number of aromatic nitrogens is 5. The normalized spacial score (nSPS) is 10.5. The average Bonchev–Trinajstić information content (AvgIpc) is 2.94. The summed E-state index contributed by atoms with van der Waals surface area (Å²) >= 11 is 0. The number of nitrogens with zero attached hydrogens (tertiary/aromatic N) is 4. The highest BCUT2D eigenvalue weighted by molar-refractivity contribution is 5.92. The molecule has 3 aromatic rings. The molecule has 1 amide bonds. The molecular weight excluding hydrogens is 303 g/mol. The number of hydrogen-bond donors (Lipinski definition) is 2. The Kier molecular flexibility index (Phi) is 3.91. The summed E-state index contributed by atoms with van der Waals surface area (Å²) in [6.07, 6.45) is 1.34. The van der Waals surface area contributed by atoms with E-state index in [0.29, 0.717) is 16.9 Å². The van der Waals surface area contributed by atoms with Gasteiger partial charge >= 0.3 is 5.69 Å². The molecule has 2 heterocycles. The van der Waals surface area contributed by atoms with Crippen LogP contribution >= 0.6 is 0 Å². The summed E-state index contributed by atoms with van der Waals surface area (Å²) in [7, 11) is 0. The minimum Gasteiger partial charge on any atom is -0.326 e. The molecule has 0 fully saturated rings. The van der Waals surface area contributed by atoms with Crippen LogP contribution < -0.4 is 11.0 Å². The second-order valence-electron chi connectivity index (χ2n) is 4.68. The van der Waals surface area contributed by atoms with E-state index in [-0.39, 0.29) is 12.3 Å². The number of tetrazole rings is 1. The van der Waals surface area contributed by atoms with E-state index >= 15 is 0 Å². The summed E-state index contributed by atoms with van der Waals surface area (Å²) in [5.74, 6) is -0.917. The smallest absolute Gasteiger partial charge is 0.326 e. The van der Waals surface area contributed by atoms with Crippen LogP contribution in [-0.2, 0) is 11.2 Å². The largest absolute Gasteiger partial charge is 0.365 e. The maximum atomic E-state index is 13.0.